The van der Waals surface area contributed by atoms with E-state index in [4.69, 9.17) is 0 Å². The number of aromatic nitrogens is 2. The second-order valence-electron chi connectivity index (χ2n) is 8.35. The fourth-order valence-electron chi connectivity index (χ4n) is 4.75. The quantitative estimate of drug-likeness (QED) is 0.871. The Labute approximate surface area is 153 Å². The predicted octanol–water partition coefficient (Wildman–Crippen LogP) is 3.12. The second kappa shape index (κ2) is 7.25. The second-order valence-corrected chi connectivity index (χ2v) is 8.35. The summed E-state index contributed by atoms with van der Waals surface area (Å²) < 4.78 is 27.9. The molecule has 0 aromatic carbocycles. The van der Waals surface area contributed by atoms with Gasteiger partial charge in [0.05, 0.1) is 18.2 Å². The first-order valence-electron chi connectivity index (χ1n) is 9.90. The Hall–Kier alpha value is -1.50. The van der Waals surface area contributed by atoms with E-state index in [2.05, 4.69) is 15.3 Å². The molecule has 5 nitrogen and oxygen atoms in total. The topological polar surface area (TPSA) is 50.2 Å². The number of carbonyl (C=O) groups is 1. The summed E-state index contributed by atoms with van der Waals surface area (Å²) in [5.74, 6) is -1.99. The number of hydrogen-bond acceptors (Lipinski definition) is 3. The SMILES string of the molecule is O=C(CC1CN(CC2CCCCC2)Cc2ccnn21)NC1CC(F)(F)C1. The van der Waals surface area contributed by atoms with Gasteiger partial charge in [-0.05, 0) is 24.8 Å². The lowest BCUT2D eigenvalue weighted by molar-refractivity contribution is -0.130. The molecule has 0 saturated heterocycles. The third kappa shape index (κ3) is 4.08. The Bertz CT molecular complexity index is 633. The third-order valence-electron chi connectivity index (χ3n) is 6.07. The van der Waals surface area contributed by atoms with E-state index < -0.39 is 5.92 Å². The zero-order valence-electron chi connectivity index (χ0n) is 15.2. The van der Waals surface area contributed by atoms with E-state index in [1.807, 2.05) is 10.7 Å². The molecule has 4 rings (SSSR count). The monoisotopic (exact) mass is 366 g/mol. The Morgan fingerprint density at radius 3 is 2.77 bits per heavy atom. The number of hydrogen-bond donors (Lipinski definition) is 1. The summed E-state index contributed by atoms with van der Waals surface area (Å²) >= 11 is 0. The lowest BCUT2D eigenvalue weighted by Crippen LogP contribution is -2.51. The highest BCUT2D eigenvalue weighted by Crippen LogP contribution is 2.37. The summed E-state index contributed by atoms with van der Waals surface area (Å²) in [5.41, 5.74) is 1.14. The van der Waals surface area contributed by atoms with E-state index in [-0.39, 0.29) is 30.8 Å². The molecule has 1 N–H and O–H groups in total. The summed E-state index contributed by atoms with van der Waals surface area (Å²) in [4.78, 5) is 14.8. The number of nitrogens with zero attached hydrogens (tertiary/aromatic N) is 3. The van der Waals surface area contributed by atoms with E-state index in [1.165, 1.54) is 32.1 Å². The van der Waals surface area contributed by atoms with Gasteiger partial charge in [0.2, 0.25) is 5.91 Å². The van der Waals surface area contributed by atoms with Gasteiger partial charge in [-0.15, -0.1) is 0 Å². The highest BCUT2D eigenvalue weighted by Gasteiger charge is 2.46. The van der Waals surface area contributed by atoms with Crippen LogP contribution in [0.5, 0.6) is 0 Å². The zero-order chi connectivity index (χ0) is 18.1. The van der Waals surface area contributed by atoms with Crippen LogP contribution in [0.2, 0.25) is 0 Å². The lowest BCUT2D eigenvalue weighted by atomic mass is 9.88. The first kappa shape index (κ1) is 17.9. The number of fused-ring (bicyclic) bond motifs is 1. The molecular weight excluding hydrogens is 338 g/mol. The molecule has 1 aromatic heterocycles. The number of nitrogens with one attached hydrogen (secondary N) is 1. The summed E-state index contributed by atoms with van der Waals surface area (Å²) in [6.45, 7) is 2.76. The van der Waals surface area contributed by atoms with Crippen LogP contribution in [0.15, 0.2) is 12.3 Å². The van der Waals surface area contributed by atoms with Crippen molar-refractivity contribution >= 4 is 5.91 Å². The van der Waals surface area contributed by atoms with Crippen LogP contribution in [0.25, 0.3) is 0 Å². The predicted molar refractivity (Wildman–Crippen MR) is 93.8 cm³/mol. The lowest BCUT2D eigenvalue weighted by Gasteiger charge is -2.38. The molecule has 1 aromatic rings. The molecule has 1 amide bonds. The summed E-state index contributed by atoms with van der Waals surface area (Å²) in [6, 6.07) is 1.62. The molecular formula is C19H28F2N4O. The fraction of sp³-hybridized carbons (Fsp3) is 0.789. The molecule has 0 spiro atoms. The first-order chi connectivity index (χ1) is 12.5. The van der Waals surface area contributed by atoms with Crippen LogP contribution in [-0.4, -0.2) is 45.6 Å². The van der Waals surface area contributed by atoms with Crippen molar-refractivity contribution < 1.29 is 13.6 Å². The van der Waals surface area contributed by atoms with Crippen molar-refractivity contribution in [3.8, 4) is 0 Å². The van der Waals surface area contributed by atoms with Crippen LogP contribution >= 0.6 is 0 Å². The molecule has 1 unspecified atom stereocenters. The average Bonchev–Trinajstić information content (AvgIpc) is 3.03. The molecule has 0 bridgehead atoms. The standard InChI is InChI=1S/C19H28F2N4O/c20-19(21)9-15(10-19)23-18(26)8-17-13-24(11-14-4-2-1-3-5-14)12-16-6-7-22-25(16)17/h6-7,14-15,17H,1-5,8-13H2,(H,23,26). The molecule has 26 heavy (non-hydrogen) atoms. The third-order valence-corrected chi connectivity index (χ3v) is 6.07. The van der Waals surface area contributed by atoms with Crippen molar-refractivity contribution in [2.75, 3.05) is 13.1 Å². The number of halogens is 2. The molecule has 0 radical (unpaired) electrons. The van der Waals surface area contributed by atoms with Crippen molar-refractivity contribution in [1.82, 2.24) is 20.0 Å². The Balaban J connectivity index is 1.34. The number of amides is 1. The van der Waals surface area contributed by atoms with E-state index in [0.717, 1.165) is 31.2 Å². The molecule has 2 aliphatic carbocycles. The van der Waals surface area contributed by atoms with E-state index >= 15 is 0 Å². The van der Waals surface area contributed by atoms with Gasteiger partial charge in [-0.2, -0.15) is 5.10 Å². The number of rotatable bonds is 5. The molecule has 3 aliphatic rings. The van der Waals surface area contributed by atoms with E-state index in [9.17, 15) is 13.6 Å². The van der Waals surface area contributed by atoms with Gasteiger partial charge in [-0.3, -0.25) is 14.4 Å². The minimum absolute atomic E-state index is 0.0158. The van der Waals surface area contributed by atoms with E-state index in [0.29, 0.717) is 6.42 Å². The van der Waals surface area contributed by atoms with Crippen LogP contribution in [0.3, 0.4) is 0 Å². The number of carbonyl (C=O) groups excluding carboxylic acids is 1. The van der Waals surface area contributed by atoms with Crippen molar-refractivity contribution in [2.24, 2.45) is 5.92 Å². The van der Waals surface area contributed by atoms with Gasteiger partial charge in [0, 0.05) is 44.7 Å². The highest BCUT2D eigenvalue weighted by molar-refractivity contribution is 5.77. The molecule has 144 valence electrons. The van der Waals surface area contributed by atoms with Crippen LogP contribution in [-0.2, 0) is 11.3 Å². The van der Waals surface area contributed by atoms with Gasteiger partial charge in [-0.25, -0.2) is 8.78 Å². The smallest absolute Gasteiger partial charge is 0.252 e. The molecule has 7 heteroatoms. The average molecular weight is 366 g/mol. The zero-order valence-corrected chi connectivity index (χ0v) is 15.2. The maximum Gasteiger partial charge on any atom is 0.252 e. The van der Waals surface area contributed by atoms with Gasteiger partial charge in [0.15, 0.2) is 0 Å². The van der Waals surface area contributed by atoms with Crippen LogP contribution in [0.1, 0.15) is 63.1 Å². The van der Waals surface area contributed by atoms with Crippen molar-refractivity contribution in [3.05, 3.63) is 18.0 Å². The van der Waals surface area contributed by atoms with Crippen LogP contribution in [0, 0.1) is 5.92 Å². The van der Waals surface area contributed by atoms with Crippen molar-refractivity contribution in [1.29, 1.82) is 0 Å². The minimum atomic E-state index is -2.60. The van der Waals surface area contributed by atoms with Crippen molar-refractivity contribution in [3.63, 3.8) is 0 Å². The molecule has 2 heterocycles. The fourth-order valence-corrected chi connectivity index (χ4v) is 4.75. The molecule has 1 aliphatic heterocycles. The normalized spacial score (nSPS) is 26.9. The van der Waals surface area contributed by atoms with Gasteiger partial charge in [0.1, 0.15) is 0 Å². The van der Waals surface area contributed by atoms with Crippen LogP contribution < -0.4 is 5.32 Å². The Kier molecular flexibility index (Phi) is 4.99. The Morgan fingerprint density at radius 2 is 2.04 bits per heavy atom. The summed E-state index contributed by atoms with van der Waals surface area (Å²) in [7, 11) is 0. The van der Waals surface area contributed by atoms with Crippen molar-refractivity contribution in [2.45, 2.75) is 75.9 Å². The van der Waals surface area contributed by atoms with E-state index in [1.54, 1.807) is 6.20 Å². The molecule has 2 saturated carbocycles. The maximum atomic E-state index is 13.0. The van der Waals surface area contributed by atoms with Gasteiger partial charge in [-0.1, -0.05) is 19.3 Å². The maximum absolute atomic E-state index is 13.0. The summed E-state index contributed by atoms with van der Waals surface area (Å²) in [6.07, 6.45) is 8.24. The van der Waals surface area contributed by atoms with Gasteiger partial charge in [0.25, 0.3) is 5.92 Å². The Morgan fingerprint density at radius 1 is 1.27 bits per heavy atom. The largest absolute Gasteiger partial charge is 0.353 e. The van der Waals surface area contributed by atoms with Gasteiger partial charge < -0.3 is 5.32 Å². The number of alkyl halides is 2. The summed E-state index contributed by atoms with van der Waals surface area (Å²) in [5, 5.41) is 7.16. The highest BCUT2D eigenvalue weighted by atomic mass is 19.3. The molecule has 1 atom stereocenters. The van der Waals surface area contributed by atoms with Crippen LogP contribution in [0.4, 0.5) is 8.78 Å². The molecule has 2 fully saturated rings. The minimum Gasteiger partial charge on any atom is -0.353 e. The first-order valence-corrected chi connectivity index (χ1v) is 9.90. The van der Waals surface area contributed by atoms with Gasteiger partial charge >= 0.3 is 0 Å².